The second-order valence-electron chi connectivity index (χ2n) is 2.67. The first-order valence-corrected chi connectivity index (χ1v) is 5.43. The van der Waals surface area contributed by atoms with Crippen LogP contribution in [0.3, 0.4) is 0 Å². The van der Waals surface area contributed by atoms with E-state index in [0.717, 1.165) is 5.76 Å². The van der Waals surface area contributed by atoms with E-state index in [9.17, 15) is 0 Å². The van der Waals surface area contributed by atoms with Gasteiger partial charge in [-0.05, 0) is 12.1 Å². The molecule has 72 valence electrons. The molecule has 2 aromatic heterocycles. The normalized spacial score (nSPS) is 10.4. The number of halogens is 2. The van der Waals surface area contributed by atoms with Crippen molar-refractivity contribution in [3.63, 3.8) is 0 Å². The van der Waals surface area contributed by atoms with E-state index in [1.54, 1.807) is 18.3 Å². The quantitative estimate of drug-likeness (QED) is 0.788. The molecule has 3 nitrogen and oxygen atoms in total. The first-order valence-electron chi connectivity index (χ1n) is 3.93. The molecule has 0 saturated carbocycles. The third-order valence-corrected chi connectivity index (χ3v) is 2.46. The fourth-order valence-corrected chi connectivity index (χ4v) is 1.47. The summed E-state index contributed by atoms with van der Waals surface area (Å²) in [5.74, 6) is 0.766. The van der Waals surface area contributed by atoms with Crippen molar-refractivity contribution in [2.45, 2.75) is 5.33 Å². The summed E-state index contributed by atoms with van der Waals surface area (Å²) < 4.78 is 5.03. The third kappa shape index (κ3) is 1.96. The lowest BCUT2D eigenvalue weighted by atomic mass is 10.2. The number of hydrogen-bond acceptors (Lipinski definition) is 3. The van der Waals surface area contributed by atoms with Gasteiger partial charge in [0.2, 0.25) is 0 Å². The molecule has 0 radical (unpaired) electrons. The van der Waals surface area contributed by atoms with Gasteiger partial charge in [-0.3, -0.25) is 4.98 Å². The van der Waals surface area contributed by atoms with E-state index in [2.05, 4.69) is 26.1 Å². The van der Waals surface area contributed by atoms with Gasteiger partial charge in [0.15, 0.2) is 0 Å². The molecule has 0 aromatic carbocycles. The molecule has 0 saturated heterocycles. The Hall–Kier alpha value is -0.870. The molecule has 0 aliphatic rings. The lowest BCUT2D eigenvalue weighted by Crippen LogP contribution is -1.81. The highest BCUT2D eigenvalue weighted by atomic mass is 79.9. The Morgan fingerprint density at radius 2 is 2.21 bits per heavy atom. The first kappa shape index (κ1) is 9.68. The van der Waals surface area contributed by atoms with Crippen molar-refractivity contribution >= 4 is 27.5 Å². The van der Waals surface area contributed by atoms with Gasteiger partial charge >= 0.3 is 0 Å². The van der Waals surface area contributed by atoms with Crippen LogP contribution in [-0.4, -0.2) is 10.1 Å². The molecule has 0 N–H and O–H groups in total. The number of aromatic nitrogens is 2. The minimum absolute atomic E-state index is 0.637. The summed E-state index contributed by atoms with van der Waals surface area (Å²) in [4.78, 5) is 4.14. The smallest absolute Gasteiger partial charge is 0.147 e. The van der Waals surface area contributed by atoms with Crippen LogP contribution in [0.2, 0.25) is 5.02 Å². The molecule has 2 heterocycles. The molecule has 0 aliphatic carbocycles. The van der Waals surface area contributed by atoms with Crippen molar-refractivity contribution in [3.05, 3.63) is 35.2 Å². The lowest BCUT2D eigenvalue weighted by Gasteiger charge is -1.93. The van der Waals surface area contributed by atoms with Gasteiger partial charge in [0, 0.05) is 17.3 Å². The van der Waals surface area contributed by atoms with E-state index in [1.165, 1.54) is 0 Å². The predicted octanol–water partition coefficient (Wildman–Crippen LogP) is 3.28. The molecule has 0 bridgehead atoms. The lowest BCUT2D eigenvalue weighted by molar-refractivity contribution is 0.397. The Labute approximate surface area is 94.2 Å². The van der Waals surface area contributed by atoms with E-state index < -0.39 is 0 Å². The number of nitrogens with zero attached hydrogens (tertiary/aromatic N) is 2. The van der Waals surface area contributed by atoms with Crippen LogP contribution in [-0.2, 0) is 5.33 Å². The van der Waals surface area contributed by atoms with Crippen molar-refractivity contribution < 1.29 is 4.52 Å². The summed E-state index contributed by atoms with van der Waals surface area (Å²) in [6.45, 7) is 0. The van der Waals surface area contributed by atoms with Crippen molar-refractivity contribution in [2.75, 3.05) is 0 Å². The van der Waals surface area contributed by atoms with Crippen LogP contribution in [0.4, 0.5) is 0 Å². The molecule has 0 spiro atoms. The minimum Gasteiger partial charge on any atom is -0.360 e. The monoisotopic (exact) mass is 272 g/mol. The van der Waals surface area contributed by atoms with Crippen LogP contribution in [0.1, 0.15) is 5.76 Å². The number of alkyl halides is 1. The summed E-state index contributed by atoms with van der Waals surface area (Å²) in [7, 11) is 0. The minimum atomic E-state index is 0.637. The molecular formula is C9H6BrClN2O. The van der Waals surface area contributed by atoms with E-state index >= 15 is 0 Å². The summed E-state index contributed by atoms with van der Waals surface area (Å²) in [6, 6.07) is 5.29. The maximum Gasteiger partial charge on any atom is 0.147 e. The first-order chi connectivity index (χ1) is 6.79. The van der Waals surface area contributed by atoms with Gasteiger partial charge in [0.1, 0.15) is 11.5 Å². The van der Waals surface area contributed by atoms with Gasteiger partial charge in [0.25, 0.3) is 0 Å². The third-order valence-electron chi connectivity index (χ3n) is 1.68. The highest BCUT2D eigenvalue weighted by Crippen LogP contribution is 2.20. The maximum absolute atomic E-state index is 5.83. The molecule has 14 heavy (non-hydrogen) atoms. The fraction of sp³-hybridized carbons (Fsp3) is 0.111. The largest absolute Gasteiger partial charge is 0.360 e. The van der Waals surface area contributed by atoms with Crippen LogP contribution in [0.25, 0.3) is 11.4 Å². The average Bonchev–Trinajstić information content (AvgIpc) is 2.66. The molecular weight excluding hydrogens is 267 g/mol. The van der Waals surface area contributed by atoms with E-state index in [4.69, 9.17) is 16.1 Å². The number of rotatable bonds is 2. The van der Waals surface area contributed by atoms with Gasteiger partial charge in [-0.15, -0.1) is 0 Å². The SMILES string of the molecule is Clc1ccnc(-c2cc(CBr)on2)c1. The summed E-state index contributed by atoms with van der Waals surface area (Å²) in [5, 5.41) is 5.15. The molecule has 2 rings (SSSR count). The van der Waals surface area contributed by atoms with E-state index in [-0.39, 0.29) is 0 Å². The Bertz CT molecular complexity index is 444. The Kier molecular flexibility index (Phi) is 2.84. The highest BCUT2D eigenvalue weighted by molar-refractivity contribution is 9.08. The Morgan fingerprint density at radius 3 is 2.86 bits per heavy atom. The maximum atomic E-state index is 5.83. The van der Waals surface area contributed by atoms with Crippen LogP contribution in [0.15, 0.2) is 28.9 Å². The van der Waals surface area contributed by atoms with Crippen LogP contribution >= 0.6 is 27.5 Å². The molecule has 5 heteroatoms. The molecule has 0 unspecified atom stereocenters. The van der Waals surface area contributed by atoms with Crippen LogP contribution in [0.5, 0.6) is 0 Å². The molecule has 0 atom stereocenters. The van der Waals surface area contributed by atoms with Gasteiger partial charge in [-0.2, -0.15) is 0 Å². The van der Waals surface area contributed by atoms with E-state index in [1.807, 2.05) is 6.07 Å². The van der Waals surface area contributed by atoms with Gasteiger partial charge in [0.05, 0.1) is 11.0 Å². The predicted molar refractivity (Wildman–Crippen MR) is 57.4 cm³/mol. The van der Waals surface area contributed by atoms with Gasteiger partial charge in [-0.1, -0.05) is 32.7 Å². The van der Waals surface area contributed by atoms with Gasteiger partial charge < -0.3 is 4.52 Å². The zero-order valence-electron chi connectivity index (χ0n) is 7.08. The zero-order valence-corrected chi connectivity index (χ0v) is 9.42. The van der Waals surface area contributed by atoms with Crippen molar-refractivity contribution in [1.82, 2.24) is 10.1 Å². The van der Waals surface area contributed by atoms with E-state index in [0.29, 0.717) is 21.7 Å². The topological polar surface area (TPSA) is 38.9 Å². The van der Waals surface area contributed by atoms with Crippen molar-refractivity contribution in [2.24, 2.45) is 0 Å². The fourth-order valence-electron chi connectivity index (χ4n) is 1.04. The summed E-state index contributed by atoms with van der Waals surface area (Å²) in [6.07, 6.45) is 1.64. The highest BCUT2D eigenvalue weighted by Gasteiger charge is 2.06. The Morgan fingerprint density at radius 1 is 1.36 bits per heavy atom. The van der Waals surface area contributed by atoms with Crippen LogP contribution in [0, 0.1) is 0 Å². The molecule has 0 fully saturated rings. The van der Waals surface area contributed by atoms with Crippen molar-refractivity contribution in [3.8, 4) is 11.4 Å². The van der Waals surface area contributed by atoms with Crippen LogP contribution < -0.4 is 0 Å². The Balaban J connectivity index is 2.39. The average molecular weight is 274 g/mol. The van der Waals surface area contributed by atoms with Crippen molar-refractivity contribution in [1.29, 1.82) is 0 Å². The standard InChI is InChI=1S/C9H6BrClN2O/c10-5-7-4-9(13-14-7)8-3-6(11)1-2-12-8/h1-4H,5H2. The second-order valence-corrected chi connectivity index (χ2v) is 3.67. The number of hydrogen-bond donors (Lipinski definition) is 0. The molecule has 0 amide bonds. The zero-order chi connectivity index (χ0) is 9.97. The summed E-state index contributed by atoms with van der Waals surface area (Å²) in [5.41, 5.74) is 1.41. The number of pyridine rings is 1. The summed E-state index contributed by atoms with van der Waals surface area (Å²) >= 11 is 9.11. The molecule has 2 aromatic rings. The van der Waals surface area contributed by atoms with Gasteiger partial charge in [-0.25, -0.2) is 0 Å². The molecule has 0 aliphatic heterocycles. The second kappa shape index (κ2) is 4.11.